The summed E-state index contributed by atoms with van der Waals surface area (Å²) in [5, 5.41) is 6.02. The van der Waals surface area contributed by atoms with Crippen LogP contribution in [-0.4, -0.2) is 26.0 Å². The number of carbonyl (C=O) groups is 1. The highest BCUT2D eigenvalue weighted by atomic mass is 35.5. The van der Waals surface area contributed by atoms with Crippen molar-refractivity contribution in [2.45, 2.75) is 6.92 Å². The van der Waals surface area contributed by atoms with Crippen LogP contribution in [0.3, 0.4) is 0 Å². The summed E-state index contributed by atoms with van der Waals surface area (Å²) in [6.07, 6.45) is 2.61. The maximum atomic E-state index is 11.6. The molecule has 1 N–H and O–H groups in total. The Kier molecular flexibility index (Phi) is 2.78. The summed E-state index contributed by atoms with van der Waals surface area (Å²) in [5.41, 5.74) is 0.0725. The Morgan fingerprint density at radius 1 is 1.44 bits per heavy atom. The van der Waals surface area contributed by atoms with Crippen molar-refractivity contribution in [3.8, 4) is 0 Å². The van der Waals surface area contributed by atoms with Gasteiger partial charge in [0.2, 0.25) is 0 Å². The lowest BCUT2D eigenvalue weighted by molar-refractivity contribution is 0.101. The highest BCUT2D eigenvalue weighted by Gasteiger charge is 2.12. The van der Waals surface area contributed by atoms with Gasteiger partial charge in [-0.2, -0.15) is 4.98 Å². The first-order chi connectivity index (χ1) is 7.65. The number of aromatic nitrogens is 4. The lowest BCUT2D eigenvalue weighted by atomic mass is 10.4. The standard InChI is InChI=1S/C8H6ClN5O2/c1-4-11-8(16-14-4)13-7(15)5-2-10-3-6(9)12-5/h2-3H,1H3,(H,11,13,14,15). The largest absolute Gasteiger partial charge is 0.328 e. The third kappa shape index (κ3) is 2.31. The highest BCUT2D eigenvalue weighted by Crippen LogP contribution is 2.06. The average Bonchev–Trinajstić information content (AvgIpc) is 2.64. The third-order valence-corrected chi connectivity index (χ3v) is 1.77. The fraction of sp³-hybridized carbons (Fsp3) is 0.125. The number of hydrogen-bond acceptors (Lipinski definition) is 6. The Labute approximate surface area is 94.9 Å². The predicted molar refractivity (Wildman–Crippen MR) is 54.0 cm³/mol. The van der Waals surface area contributed by atoms with E-state index in [0.29, 0.717) is 5.82 Å². The molecule has 0 aliphatic rings. The molecule has 0 saturated carbocycles. The van der Waals surface area contributed by atoms with E-state index in [2.05, 4.69) is 25.4 Å². The molecule has 0 unspecified atom stereocenters. The third-order valence-electron chi connectivity index (χ3n) is 1.59. The molecule has 0 aromatic carbocycles. The highest BCUT2D eigenvalue weighted by molar-refractivity contribution is 6.29. The number of rotatable bonds is 2. The summed E-state index contributed by atoms with van der Waals surface area (Å²) >= 11 is 5.59. The van der Waals surface area contributed by atoms with E-state index < -0.39 is 5.91 Å². The molecule has 2 rings (SSSR count). The molecule has 82 valence electrons. The second-order valence-corrected chi connectivity index (χ2v) is 3.22. The molecule has 0 radical (unpaired) electrons. The van der Waals surface area contributed by atoms with Crippen LogP contribution in [0.4, 0.5) is 6.01 Å². The molecule has 0 aliphatic heterocycles. The summed E-state index contributed by atoms with van der Waals surface area (Å²) in [6, 6.07) is 0.00396. The van der Waals surface area contributed by atoms with Gasteiger partial charge in [-0.05, 0) is 6.92 Å². The number of hydrogen-bond donors (Lipinski definition) is 1. The minimum atomic E-state index is -0.515. The quantitative estimate of drug-likeness (QED) is 0.843. The number of anilines is 1. The average molecular weight is 240 g/mol. The zero-order chi connectivity index (χ0) is 11.5. The monoisotopic (exact) mass is 239 g/mol. The van der Waals surface area contributed by atoms with Gasteiger partial charge in [-0.25, -0.2) is 4.98 Å². The molecular weight excluding hydrogens is 234 g/mol. The van der Waals surface area contributed by atoms with E-state index in [1.807, 2.05) is 0 Å². The van der Waals surface area contributed by atoms with Crippen molar-refractivity contribution in [2.75, 3.05) is 5.32 Å². The fourth-order valence-corrected chi connectivity index (χ4v) is 1.11. The molecule has 7 nitrogen and oxygen atoms in total. The van der Waals surface area contributed by atoms with Gasteiger partial charge in [0.25, 0.3) is 5.91 Å². The SMILES string of the molecule is Cc1noc(NC(=O)c2cncc(Cl)n2)n1. The van der Waals surface area contributed by atoms with Crippen molar-refractivity contribution in [3.63, 3.8) is 0 Å². The van der Waals surface area contributed by atoms with Crippen molar-refractivity contribution in [1.29, 1.82) is 0 Å². The van der Waals surface area contributed by atoms with Crippen LogP contribution < -0.4 is 5.32 Å². The molecule has 0 bridgehead atoms. The van der Waals surface area contributed by atoms with Crippen LogP contribution in [0.2, 0.25) is 5.15 Å². The smallest absolute Gasteiger partial charge is 0.315 e. The molecule has 0 fully saturated rings. The number of nitrogens with zero attached hydrogens (tertiary/aromatic N) is 4. The Balaban J connectivity index is 2.14. The number of aryl methyl sites for hydroxylation is 1. The molecule has 0 atom stereocenters. The summed E-state index contributed by atoms with van der Waals surface area (Å²) < 4.78 is 4.71. The van der Waals surface area contributed by atoms with E-state index in [1.165, 1.54) is 12.4 Å². The molecule has 16 heavy (non-hydrogen) atoms. The number of amides is 1. The zero-order valence-corrected chi connectivity index (χ0v) is 8.89. The first-order valence-electron chi connectivity index (χ1n) is 4.24. The molecule has 2 heterocycles. The maximum Gasteiger partial charge on any atom is 0.328 e. The fourth-order valence-electron chi connectivity index (χ4n) is 0.961. The zero-order valence-electron chi connectivity index (χ0n) is 8.14. The van der Waals surface area contributed by atoms with Crippen molar-refractivity contribution < 1.29 is 9.32 Å². The van der Waals surface area contributed by atoms with Gasteiger partial charge in [-0.15, -0.1) is 0 Å². The van der Waals surface area contributed by atoms with Gasteiger partial charge in [0.05, 0.1) is 12.4 Å². The molecular formula is C8H6ClN5O2. The van der Waals surface area contributed by atoms with Crippen LogP contribution in [0.25, 0.3) is 0 Å². The van der Waals surface area contributed by atoms with E-state index in [4.69, 9.17) is 16.1 Å². The van der Waals surface area contributed by atoms with Gasteiger partial charge >= 0.3 is 6.01 Å². The normalized spacial score (nSPS) is 10.1. The van der Waals surface area contributed by atoms with E-state index >= 15 is 0 Å². The van der Waals surface area contributed by atoms with Crippen LogP contribution in [-0.2, 0) is 0 Å². The predicted octanol–water partition coefficient (Wildman–Crippen LogP) is 1.07. The Bertz CT molecular complexity index is 527. The van der Waals surface area contributed by atoms with Crippen LogP contribution in [0.15, 0.2) is 16.9 Å². The Morgan fingerprint density at radius 2 is 2.25 bits per heavy atom. The minimum Gasteiger partial charge on any atom is -0.315 e. The van der Waals surface area contributed by atoms with Gasteiger partial charge < -0.3 is 4.52 Å². The van der Waals surface area contributed by atoms with Crippen LogP contribution >= 0.6 is 11.6 Å². The molecule has 2 aromatic heterocycles. The number of carbonyl (C=O) groups excluding carboxylic acids is 1. The summed E-state index contributed by atoms with van der Waals surface area (Å²) in [5.74, 6) is -0.0915. The summed E-state index contributed by atoms with van der Waals surface area (Å²) in [6.45, 7) is 1.64. The van der Waals surface area contributed by atoms with Gasteiger partial charge in [0.15, 0.2) is 5.82 Å². The van der Waals surface area contributed by atoms with Gasteiger partial charge in [-0.1, -0.05) is 16.8 Å². The second-order valence-electron chi connectivity index (χ2n) is 2.83. The Morgan fingerprint density at radius 3 is 2.88 bits per heavy atom. The number of nitrogens with one attached hydrogen (secondary N) is 1. The van der Waals surface area contributed by atoms with E-state index in [0.717, 1.165) is 0 Å². The van der Waals surface area contributed by atoms with E-state index in [-0.39, 0.29) is 16.9 Å². The molecule has 2 aromatic rings. The summed E-state index contributed by atoms with van der Waals surface area (Å²) in [4.78, 5) is 22.9. The molecule has 8 heteroatoms. The first kappa shape index (κ1) is 10.5. The van der Waals surface area contributed by atoms with Gasteiger partial charge in [0.1, 0.15) is 10.8 Å². The number of halogens is 1. The van der Waals surface area contributed by atoms with E-state index in [1.54, 1.807) is 6.92 Å². The van der Waals surface area contributed by atoms with Crippen molar-refractivity contribution in [3.05, 3.63) is 29.1 Å². The lowest BCUT2D eigenvalue weighted by Crippen LogP contribution is -2.14. The molecule has 0 spiro atoms. The summed E-state index contributed by atoms with van der Waals surface area (Å²) in [7, 11) is 0. The van der Waals surface area contributed by atoms with Crippen molar-refractivity contribution in [2.24, 2.45) is 0 Å². The molecule has 1 amide bonds. The topological polar surface area (TPSA) is 93.8 Å². The minimum absolute atomic E-state index is 0.00396. The van der Waals surface area contributed by atoms with Crippen molar-refractivity contribution >= 4 is 23.5 Å². The van der Waals surface area contributed by atoms with Crippen molar-refractivity contribution in [1.82, 2.24) is 20.1 Å². The Hall–Kier alpha value is -2.02. The van der Waals surface area contributed by atoms with Gasteiger partial charge in [0, 0.05) is 0 Å². The van der Waals surface area contributed by atoms with Crippen LogP contribution in [0.1, 0.15) is 16.3 Å². The molecule has 0 aliphatic carbocycles. The van der Waals surface area contributed by atoms with E-state index in [9.17, 15) is 4.79 Å². The van der Waals surface area contributed by atoms with Gasteiger partial charge in [-0.3, -0.25) is 15.1 Å². The lowest BCUT2D eigenvalue weighted by Gasteiger charge is -1.98. The van der Waals surface area contributed by atoms with Crippen LogP contribution in [0.5, 0.6) is 0 Å². The second kappa shape index (κ2) is 4.23. The molecule has 0 saturated heterocycles. The maximum absolute atomic E-state index is 11.6. The van der Waals surface area contributed by atoms with Crippen LogP contribution in [0, 0.1) is 6.92 Å². The first-order valence-corrected chi connectivity index (χ1v) is 4.62.